The standard InChI is InChI=1S/C12H8ClN3S/c13-9-3-1-8(2-4-9)10-7-11-12(17)14-5-6-16(11)15-10/h1-7H,(H,14,17). The summed E-state index contributed by atoms with van der Waals surface area (Å²) in [5.41, 5.74) is 2.80. The van der Waals surface area contributed by atoms with Crippen LogP contribution in [0.15, 0.2) is 42.7 Å². The predicted octanol–water partition coefficient (Wildman–Crippen LogP) is 3.71. The van der Waals surface area contributed by atoms with Crippen LogP contribution in [0.25, 0.3) is 16.8 Å². The van der Waals surface area contributed by atoms with Crippen LogP contribution in [0.5, 0.6) is 0 Å². The summed E-state index contributed by atoms with van der Waals surface area (Å²) in [4.78, 5) is 2.98. The molecule has 0 aliphatic heterocycles. The van der Waals surface area contributed by atoms with Gasteiger partial charge in [-0.25, -0.2) is 4.52 Å². The summed E-state index contributed by atoms with van der Waals surface area (Å²) in [5, 5.41) is 5.18. The number of fused-ring (bicyclic) bond motifs is 1. The molecule has 0 radical (unpaired) electrons. The maximum atomic E-state index is 5.86. The monoisotopic (exact) mass is 261 g/mol. The molecular formula is C12H8ClN3S. The molecule has 0 fully saturated rings. The van der Waals surface area contributed by atoms with Gasteiger partial charge in [-0.3, -0.25) is 0 Å². The van der Waals surface area contributed by atoms with Gasteiger partial charge in [-0.2, -0.15) is 5.10 Å². The van der Waals surface area contributed by atoms with E-state index in [2.05, 4.69) is 10.1 Å². The Morgan fingerprint density at radius 1 is 1.24 bits per heavy atom. The lowest BCUT2D eigenvalue weighted by Gasteiger charge is -1.95. The number of nitrogens with one attached hydrogen (secondary N) is 1. The summed E-state index contributed by atoms with van der Waals surface area (Å²) in [7, 11) is 0. The van der Waals surface area contributed by atoms with Crippen LogP contribution < -0.4 is 0 Å². The Labute approximate surface area is 108 Å². The van der Waals surface area contributed by atoms with Gasteiger partial charge in [0, 0.05) is 23.0 Å². The number of benzene rings is 1. The van der Waals surface area contributed by atoms with Crippen molar-refractivity contribution in [3.63, 3.8) is 0 Å². The highest BCUT2D eigenvalue weighted by molar-refractivity contribution is 7.71. The second-order valence-electron chi connectivity index (χ2n) is 3.66. The van der Waals surface area contributed by atoms with Crippen molar-refractivity contribution in [3.05, 3.63) is 52.4 Å². The number of aromatic amines is 1. The minimum atomic E-state index is 0.681. The minimum absolute atomic E-state index is 0.681. The van der Waals surface area contributed by atoms with Crippen molar-refractivity contribution in [3.8, 4) is 11.3 Å². The van der Waals surface area contributed by atoms with E-state index in [-0.39, 0.29) is 0 Å². The van der Waals surface area contributed by atoms with E-state index >= 15 is 0 Å². The van der Waals surface area contributed by atoms with E-state index in [1.807, 2.05) is 36.5 Å². The van der Waals surface area contributed by atoms with Crippen LogP contribution in [-0.4, -0.2) is 14.6 Å². The van der Waals surface area contributed by atoms with Crippen LogP contribution in [0.2, 0.25) is 5.02 Å². The topological polar surface area (TPSA) is 33.1 Å². The van der Waals surface area contributed by atoms with Gasteiger partial charge in [-0.05, 0) is 18.2 Å². The normalized spacial score (nSPS) is 10.9. The molecule has 3 aromatic rings. The van der Waals surface area contributed by atoms with Gasteiger partial charge in [0.05, 0.1) is 5.69 Å². The number of halogens is 1. The highest BCUT2D eigenvalue weighted by Crippen LogP contribution is 2.21. The van der Waals surface area contributed by atoms with E-state index in [4.69, 9.17) is 23.8 Å². The Kier molecular flexibility index (Phi) is 2.46. The molecule has 0 aliphatic carbocycles. The molecule has 3 nitrogen and oxygen atoms in total. The van der Waals surface area contributed by atoms with Crippen LogP contribution in [0, 0.1) is 4.64 Å². The van der Waals surface area contributed by atoms with Crippen LogP contribution in [0.4, 0.5) is 0 Å². The van der Waals surface area contributed by atoms with Gasteiger partial charge < -0.3 is 4.98 Å². The van der Waals surface area contributed by atoms with E-state index < -0.39 is 0 Å². The molecule has 0 spiro atoms. The van der Waals surface area contributed by atoms with Crippen molar-refractivity contribution in [2.75, 3.05) is 0 Å². The molecule has 84 valence electrons. The first-order chi connectivity index (χ1) is 8.24. The third-order valence-corrected chi connectivity index (χ3v) is 3.12. The number of nitrogens with zero attached hydrogens (tertiary/aromatic N) is 2. The Morgan fingerprint density at radius 2 is 2.00 bits per heavy atom. The summed E-state index contributed by atoms with van der Waals surface area (Å²) < 4.78 is 2.45. The molecule has 0 atom stereocenters. The number of hydrogen-bond acceptors (Lipinski definition) is 2. The molecule has 1 N–H and O–H groups in total. The molecule has 0 unspecified atom stereocenters. The summed E-state index contributed by atoms with van der Waals surface area (Å²) >= 11 is 11.1. The lowest BCUT2D eigenvalue weighted by Crippen LogP contribution is -1.87. The second kappa shape index (κ2) is 3.98. The van der Waals surface area contributed by atoms with Crippen molar-refractivity contribution in [1.82, 2.24) is 14.6 Å². The minimum Gasteiger partial charge on any atom is -0.350 e. The van der Waals surface area contributed by atoms with E-state index in [0.29, 0.717) is 4.64 Å². The van der Waals surface area contributed by atoms with Gasteiger partial charge in [-0.15, -0.1) is 0 Å². The Hall–Kier alpha value is -1.65. The van der Waals surface area contributed by atoms with Gasteiger partial charge in [-0.1, -0.05) is 36.0 Å². The molecule has 3 rings (SSSR count). The van der Waals surface area contributed by atoms with Gasteiger partial charge >= 0.3 is 0 Å². The number of aromatic nitrogens is 3. The van der Waals surface area contributed by atoms with Crippen LogP contribution in [-0.2, 0) is 0 Å². The quantitative estimate of drug-likeness (QED) is 0.678. The van der Waals surface area contributed by atoms with Crippen molar-refractivity contribution in [1.29, 1.82) is 0 Å². The highest BCUT2D eigenvalue weighted by atomic mass is 35.5. The van der Waals surface area contributed by atoms with Crippen LogP contribution in [0.1, 0.15) is 0 Å². The first-order valence-corrected chi connectivity index (χ1v) is 5.86. The van der Waals surface area contributed by atoms with E-state index in [1.165, 1.54) is 0 Å². The maximum Gasteiger partial charge on any atom is 0.129 e. The molecule has 17 heavy (non-hydrogen) atoms. The molecule has 0 saturated carbocycles. The average molecular weight is 262 g/mol. The summed E-state index contributed by atoms with van der Waals surface area (Å²) in [6.45, 7) is 0. The smallest absolute Gasteiger partial charge is 0.129 e. The van der Waals surface area contributed by atoms with Gasteiger partial charge in [0.2, 0.25) is 0 Å². The fourth-order valence-corrected chi connectivity index (χ4v) is 2.04. The Bertz CT molecular complexity index is 727. The van der Waals surface area contributed by atoms with Crippen LogP contribution in [0.3, 0.4) is 0 Å². The zero-order valence-electron chi connectivity index (χ0n) is 8.72. The zero-order chi connectivity index (χ0) is 11.8. The largest absolute Gasteiger partial charge is 0.350 e. The lowest BCUT2D eigenvalue weighted by molar-refractivity contribution is 0.946. The number of rotatable bonds is 1. The Balaban J connectivity index is 2.21. The van der Waals surface area contributed by atoms with E-state index in [1.54, 1.807) is 10.7 Å². The van der Waals surface area contributed by atoms with Crippen molar-refractivity contribution in [2.24, 2.45) is 0 Å². The molecule has 2 aromatic heterocycles. The van der Waals surface area contributed by atoms with E-state index in [9.17, 15) is 0 Å². The van der Waals surface area contributed by atoms with E-state index in [0.717, 1.165) is 21.8 Å². The van der Waals surface area contributed by atoms with Crippen molar-refractivity contribution >= 4 is 29.3 Å². The van der Waals surface area contributed by atoms with Crippen molar-refractivity contribution < 1.29 is 0 Å². The third kappa shape index (κ3) is 1.85. The maximum absolute atomic E-state index is 5.86. The zero-order valence-corrected chi connectivity index (χ0v) is 10.3. The number of hydrogen-bond donors (Lipinski definition) is 1. The number of H-pyrrole nitrogens is 1. The molecule has 0 saturated heterocycles. The van der Waals surface area contributed by atoms with Gasteiger partial charge in [0.1, 0.15) is 10.2 Å². The fourth-order valence-electron chi connectivity index (χ4n) is 1.70. The third-order valence-electron chi connectivity index (χ3n) is 2.54. The summed E-state index contributed by atoms with van der Waals surface area (Å²) in [5.74, 6) is 0. The second-order valence-corrected chi connectivity index (χ2v) is 4.50. The van der Waals surface area contributed by atoms with Crippen LogP contribution >= 0.6 is 23.8 Å². The molecule has 0 bridgehead atoms. The summed E-state index contributed by atoms with van der Waals surface area (Å²) in [6.07, 6.45) is 3.61. The molecular weight excluding hydrogens is 254 g/mol. The average Bonchev–Trinajstić information content (AvgIpc) is 2.75. The Morgan fingerprint density at radius 3 is 2.71 bits per heavy atom. The molecule has 0 aliphatic rings. The lowest BCUT2D eigenvalue weighted by atomic mass is 10.1. The first-order valence-electron chi connectivity index (χ1n) is 5.07. The van der Waals surface area contributed by atoms with Crippen molar-refractivity contribution in [2.45, 2.75) is 0 Å². The van der Waals surface area contributed by atoms with Gasteiger partial charge in [0.15, 0.2) is 0 Å². The molecule has 2 heterocycles. The summed E-state index contributed by atoms with van der Waals surface area (Å²) in [6, 6.07) is 9.54. The first kappa shape index (κ1) is 10.5. The highest BCUT2D eigenvalue weighted by Gasteiger charge is 2.04. The predicted molar refractivity (Wildman–Crippen MR) is 70.8 cm³/mol. The van der Waals surface area contributed by atoms with Gasteiger partial charge in [0.25, 0.3) is 0 Å². The molecule has 1 aromatic carbocycles. The molecule has 5 heteroatoms. The molecule has 0 amide bonds. The fraction of sp³-hybridized carbons (Fsp3) is 0. The SMILES string of the molecule is S=c1[nH]ccn2nc(-c3ccc(Cl)cc3)cc12.